The van der Waals surface area contributed by atoms with E-state index in [1.807, 2.05) is 0 Å². The van der Waals surface area contributed by atoms with E-state index in [9.17, 15) is 13.2 Å². The second-order valence-corrected chi connectivity index (χ2v) is 7.79. The van der Waals surface area contributed by atoms with Crippen LogP contribution in [0, 0.1) is 0 Å². The number of nitrogen functional groups attached to an aromatic ring is 2. The highest BCUT2D eigenvalue weighted by atomic mass is 33.1. The number of hydrogen-bond donors (Lipinski definition) is 3. The summed E-state index contributed by atoms with van der Waals surface area (Å²) >= 11 is 0. The molecule has 1 atom stereocenters. The van der Waals surface area contributed by atoms with Crippen LogP contribution < -0.4 is 11.5 Å². The van der Waals surface area contributed by atoms with Crippen LogP contribution in [0.25, 0.3) is 0 Å². The fraction of sp³-hybridized carbons (Fsp3) is 0.0769. The predicted molar refractivity (Wildman–Crippen MR) is 80.9 cm³/mol. The van der Waals surface area contributed by atoms with Gasteiger partial charge < -0.3 is 11.5 Å². The molecule has 2 aromatic rings. The van der Waals surface area contributed by atoms with Crippen molar-refractivity contribution >= 4 is 32.1 Å². The van der Waals surface area contributed by atoms with E-state index in [0.29, 0.717) is 10.6 Å². The average Bonchev–Trinajstić information content (AvgIpc) is 2.38. The van der Waals surface area contributed by atoms with E-state index in [-0.39, 0.29) is 10.6 Å². The van der Waals surface area contributed by atoms with Gasteiger partial charge in [0.2, 0.25) is 0 Å². The predicted octanol–water partition coefficient (Wildman–Crippen LogP) is 4.44. The number of rotatable bonds is 3. The zero-order valence-corrected chi connectivity index (χ0v) is 12.0. The fourth-order valence-electron chi connectivity index (χ4n) is 1.57. The van der Waals surface area contributed by atoms with Gasteiger partial charge in [-0.1, -0.05) is 45.0 Å². The number of anilines is 2. The maximum atomic E-state index is 13.3. The van der Waals surface area contributed by atoms with Crippen molar-refractivity contribution in [3.05, 3.63) is 48.5 Å². The van der Waals surface area contributed by atoms with Crippen LogP contribution in [0.2, 0.25) is 0 Å². The van der Waals surface area contributed by atoms with Crippen LogP contribution in [0.15, 0.2) is 58.3 Å². The Morgan fingerprint density at radius 3 is 1.95 bits per heavy atom. The van der Waals surface area contributed by atoms with Crippen LogP contribution in [-0.2, 0) is 0 Å². The minimum absolute atomic E-state index is 0.114. The topological polar surface area (TPSA) is 52.0 Å². The summed E-state index contributed by atoms with van der Waals surface area (Å²) in [5.41, 5.74) is 7.54. The van der Waals surface area contributed by atoms with Gasteiger partial charge in [0.15, 0.2) is 0 Å². The van der Waals surface area contributed by atoms with Crippen molar-refractivity contribution in [1.29, 1.82) is 0 Å². The van der Waals surface area contributed by atoms with Gasteiger partial charge in [-0.2, -0.15) is 13.2 Å². The SMILES string of the molecule is Nc1ccccc1S[SH](c1ccccc1N)C(F)(F)F. The third kappa shape index (κ3) is 3.34. The Labute approximate surface area is 121 Å². The van der Waals surface area contributed by atoms with Crippen LogP contribution in [0.3, 0.4) is 0 Å². The Morgan fingerprint density at radius 2 is 1.40 bits per heavy atom. The van der Waals surface area contributed by atoms with Gasteiger partial charge in [-0.3, -0.25) is 0 Å². The minimum atomic E-state index is -4.35. The molecule has 2 nitrogen and oxygen atoms in total. The first-order valence-electron chi connectivity index (χ1n) is 5.63. The maximum Gasteiger partial charge on any atom is 0.435 e. The molecule has 20 heavy (non-hydrogen) atoms. The largest absolute Gasteiger partial charge is 0.435 e. The summed E-state index contributed by atoms with van der Waals surface area (Å²) in [6.45, 7) is 0. The molecule has 7 heteroatoms. The first-order valence-corrected chi connectivity index (χ1v) is 8.40. The van der Waals surface area contributed by atoms with Gasteiger partial charge in [0, 0.05) is 21.2 Å². The molecule has 0 fully saturated rings. The summed E-state index contributed by atoms with van der Waals surface area (Å²) in [7, 11) is -1.77. The van der Waals surface area contributed by atoms with Gasteiger partial charge in [-0.05, 0) is 24.3 Å². The Hall–Kier alpha value is -1.47. The Balaban J connectivity index is 2.40. The van der Waals surface area contributed by atoms with Crippen LogP contribution in [-0.4, -0.2) is 5.51 Å². The molecule has 1 unspecified atom stereocenters. The van der Waals surface area contributed by atoms with E-state index >= 15 is 0 Å². The zero-order valence-electron chi connectivity index (χ0n) is 10.3. The minimum Gasteiger partial charge on any atom is -0.398 e. The Kier molecular flexibility index (Phi) is 4.39. The van der Waals surface area contributed by atoms with Crippen molar-refractivity contribution in [3.63, 3.8) is 0 Å². The number of hydrogen-bond acceptors (Lipinski definition) is 3. The van der Waals surface area contributed by atoms with E-state index in [1.165, 1.54) is 12.1 Å². The van der Waals surface area contributed by atoms with Crippen LogP contribution in [0.5, 0.6) is 0 Å². The monoisotopic (exact) mass is 318 g/mol. The van der Waals surface area contributed by atoms with E-state index in [1.54, 1.807) is 36.4 Å². The molecular formula is C13H13F3N2S2. The lowest BCUT2D eigenvalue weighted by Crippen LogP contribution is -2.08. The third-order valence-electron chi connectivity index (χ3n) is 2.49. The number of thiol groups is 1. The van der Waals surface area contributed by atoms with Crippen molar-refractivity contribution in [3.8, 4) is 0 Å². The highest BCUT2D eigenvalue weighted by Gasteiger charge is 2.39. The van der Waals surface area contributed by atoms with E-state index in [4.69, 9.17) is 11.5 Å². The second kappa shape index (κ2) is 5.88. The molecule has 0 aromatic heterocycles. The molecule has 0 aliphatic rings. The standard InChI is InChI=1S/C13H13F3N2S2/c14-13(15,16)20(12-8-4-2-6-10(12)18)19-11-7-3-1-5-9(11)17/h1-8,20H,17-18H2. The van der Waals surface area contributed by atoms with Crippen molar-refractivity contribution in [1.82, 2.24) is 0 Å². The Bertz CT molecular complexity index is 602. The number of nitrogens with two attached hydrogens (primary N) is 2. The number of alkyl halides is 3. The third-order valence-corrected chi connectivity index (χ3v) is 6.90. The highest BCUT2D eigenvalue weighted by Crippen LogP contribution is 2.64. The summed E-state index contributed by atoms with van der Waals surface area (Å²) in [6, 6.07) is 12.6. The molecule has 0 aliphatic heterocycles. The molecule has 0 saturated heterocycles. The van der Waals surface area contributed by atoms with Crippen molar-refractivity contribution < 1.29 is 13.2 Å². The van der Waals surface area contributed by atoms with Gasteiger partial charge in [-0.15, -0.1) is 0 Å². The lowest BCUT2D eigenvalue weighted by Gasteiger charge is -2.25. The molecular weight excluding hydrogens is 305 g/mol. The molecule has 2 rings (SSSR count). The molecule has 4 N–H and O–H groups in total. The summed E-state index contributed by atoms with van der Waals surface area (Å²) in [5.74, 6) is 0. The molecule has 0 amide bonds. The zero-order chi connectivity index (χ0) is 14.8. The van der Waals surface area contributed by atoms with Gasteiger partial charge >= 0.3 is 5.51 Å². The molecule has 108 valence electrons. The smallest absolute Gasteiger partial charge is 0.398 e. The van der Waals surface area contributed by atoms with Gasteiger partial charge in [0.25, 0.3) is 0 Å². The molecule has 0 radical (unpaired) electrons. The summed E-state index contributed by atoms with van der Waals surface area (Å²) in [4.78, 5) is 0.530. The van der Waals surface area contributed by atoms with Crippen LogP contribution in [0.1, 0.15) is 0 Å². The molecule has 0 aliphatic carbocycles. The number of halogens is 3. The fourth-order valence-corrected chi connectivity index (χ4v) is 5.28. The quantitative estimate of drug-likeness (QED) is 0.445. The van der Waals surface area contributed by atoms with Crippen LogP contribution in [0.4, 0.5) is 24.5 Å². The first-order chi connectivity index (χ1) is 9.39. The molecule has 0 bridgehead atoms. The second-order valence-electron chi connectivity index (χ2n) is 3.95. The van der Waals surface area contributed by atoms with Gasteiger partial charge in [-0.25, -0.2) is 0 Å². The number of para-hydroxylation sites is 2. The first kappa shape index (κ1) is 14.9. The van der Waals surface area contributed by atoms with Gasteiger partial charge in [0.05, 0.1) is 0 Å². The highest BCUT2D eigenvalue weighted by molar-refractivity contribution is 8.85. The molecule has 0 saturated carbocycles. The summed E-state index contributed by atoms with van der Waals surface area (Å²) in [6.07, 6.45) is 0. The van der Waals surface area contributed by atoms with E-state index < -0.39 is 15.4 Å². The summed E-state index contributed by atoms with van der Waals surface area (Å²) in [5, 5.41) is 0. The van der Waals surface area contributed by atoms with Crippen LogP contribution >= 0.6 is 20.7 Å². The van der Waals surface area contributed by atoms with Crippen molar-refractivity contribution in [2.75, 3.05) is 11.5 Å². The van der Waals surface area contributed by atoms with E-state index in [0.717, 1.165) is 10.8 Å². The lowest BCUT2D eigenvalue weighted by molar-refractivity contribution is -0.0336. The average molecular weight is 318 g/mol. The molecule has 0 spiro atoms. The number of benzene rings is 2. The Morgan fingerprint density at radius 1 is 0.850 bits per heavy atom. The van der Waals surface area contributed by atoms with Gasteiger partial charge in [0.1, 0.15) is 0 Å². The lowest BCUT2D eigenvalue weighted by atomic mass is 10.3. The normalized spacial score (nSPS) is 14.1. The van der Waals surface area contributed by atoms with E-state index in [2.05, 4.69) is 0 Å². The summed E-state index contributed by atoms with van der Waals surface area (Å²) < 4.78 is 39.9. The van der Waals surface area contributed by atoms with Crippen molar-refractivity contribution in [2.24, 2.45) is 0 Å². The molecule has 0 heterocycles. The molecule has 2 aromatic carbocycles. The van der Waals surface area contributed by atoms with Crippen molar-refractivity contribution in [2.45, 2.75) is 15.3 Å². The maximum absolute atomic E-state index is 13.3.